The quantitative estimate of drug-likeness (QED) is 0.469. The van der Waals surface area contributed by atoms with Crippen molar-refractivity contribution in [2.75, 3.05) is 40.1 Å². The zero-order valence-electron chi connectivity index (χ0n) is 9.89. The van der Waals surface area contributed by atoms with Crippen molar-refractivity contribution in [1.82, 2.24) is 5.32 Å². The first-order valence-corrected chi connectivity index (χ1v) is 5.85. The Morgan fingerprint density at radius 2 is 2.12 bits per heavy atom. The molecule has 2 atom stereocenters. The van der Waals surface area contributed by atoms with E-state index >= 15 is 0 Å². The summed E-state index contributed by atoms with van der Waals surface area (Å²) in [4.78, 5) is 0. The Kier molecular flexibility index (Phi) is 6.91. The second-order valence-electron chi connectivity index (χ2n) is 4.38. The molecule has 1 saturated carbocycles. The molecule has 1 aliphatic rings. The van der Waals surface area contributed by atoms with Crippen LogP contribution in [0.2, 0.25) is 0 Å². The highest BCUT2D eigenvalue weighted by Crippen LogP contribution is 2.28. The van der Waals surface area contributed by atoms with Gasteiger partial charge in [-0.3, -0.25) is 0 Å². The van der Waals surface area contributed by atoms with Gasteiger partial charge in [-0.05, 0) is 18.8 Å². The Balaban J connectivity index is 1.96. The SMILES string of the molecule is COCC(CO)NCC(O)COCC1CC1. The number of aliphatic hydroxyl groups is 2. The van der Waals surface area contributed by atoms with Crippen molar-refractivity contribution in [2.45, 2.75) is 25.0 Å². The van der Waals surface area contributed by atoms with Crippen LogP contribution in [0, 0.1) is 5.92 Å². The van der Waals surface area contributed by atoms with Gasteiger partial charge in [0.2, 0.25) is 0 Å². The van der Waals surface area contributed by atoms with Crippen LogP contribution < -0.4 is 5.32 Å². The number of hydrogen-bond acceptors (Lipinski definition) is 5. The summed E-state index contributed by atoms with van der Waals surface area (Å²) in [6, 6.07) is -0.122. The maximum Gasteiger partial charge on any atom is 0.0897 e. The van der Waals surface area contributed by atoms with Gasteiger partial charge in [0.1, 0.15) is 0 Å². The van der Waals surface area contributed by atoms with Crippen molar-refractivity contribution in [1.29, 1.82) is 0 Å². The van der Waals surface area contributed by atoms with Crippen molar-refractivity contribution in [3.05, 3.63) is 0 Å². The van der Waals surface area contributed by atoms with Gasteiger partial charge in [-0.2, -0.15) is 0 Å². The lowest BCUT2D eigenvalue weighted by molar-refractivity contribution is 0.0275. The summed E-state index contributed by atoms with van der Waals surface area (Å²) in [6.07, 6.45) is 1.99. The van der Waals surface area contributed by atoms with E-state index in [0.29, 0.717) is 19.8 Å². The van der Waals surface area contributed by atoms with Crippen molar-refractivity contribution in [3.8, 4) is 0 Å². The molecule has 1 rings (SSSR count). The molecule has 0 heterocycles. The molecule has 0 amide bonds. The number of hydrogen-bond donors (Lipinski definition) is 3. The summed E-state index contributed by atoms with van der Waals surface area (Å²) in [5.74, 6) is 0.721. The summed E-state index contributed by atoms with van der Waals surface area (Å²) >= 11 is 0. The van der Waals surface area contributed by atoms with E-state index in [1.165, 1.54) is 12.8 Å². The van der Waals surface area contributed by atoms with Gasteiger partial charge in [-0.1, -0.05) is 0 Å². The van der Waals surface area contributed by atoms with Gasteiger partial charge in [0.05, 0.1) is 32.0 Å². The van der Waals surface area contributed by atoms with E-state index < -0.39 is 6.10 Å². The molecule has 0 saturated heterocycles. The fraction of sp³-hybridized carbons (Fsp3) is 1.00. The number of ether oxygens (including phenoxy) is 2. The lowest BCUT2D eigenvalue weighted by atomic mass is 10.3. The second kappa shape index (κ2) is 7.97. The highest BCUT2D eigenvalue weighted by molar-refractivity contribution is 4.73. The summed E-state index contributed by atoms with van der Waals surface area (Å²) in [7, 11) is 1.58. The molecule has 2 unspecified atom stereocenters. The van der Waals surface area contributed by atoms with Crippen LogP contribution in [0.15, 0.2) is 0 Å². The third kappa shape index (κ3) is 6.40. The number of methoxy groups -OCH3 is 1. The first kappa shape index (κ1) is 13.9. The molecule has 0 aromatic heterocycles. The minimum atomic E-state index is -0.523. The second-order valence-corrected chi connectivity index (χ2v) is 4.38. The van der Waals surface area contributed by atoms with Crippen LogP contribution in [0.4, 0.5) is 0 Å². The highest BCUT2D eigenvalue weighted by atomic mass is 16.5. The molecular weight excluding hydrogens is 210 g/mol. The number of rotatable bonds is 10. The Morgan fingerprint density at radius 1 is 1.38 bits per heavy atom. The van der Waals surface area contributed by atoms with E-state index in [1.54, 1.807) is 7.11 Å². The van der Waals surface area contributed by atoms with E-state index in [-0.39, 0.29) is 12.6 Å². The van der Waals surface area contributed by atoms with Gasteiger partial charge in [0.25, 0.3) is 0 Å². The van der Waals surface area contributed by atoms with Crippen molar-refractivity contribution >= 4 is 0 Å². The Labute approximate surface area is 96.7 Å². The van der Waals surface area contributed by atoms with Gasteiger partial charge in [-0.25, -0.2) is 0 Å². The molecule has 0 radical (unpaired) electrons. The lowest BCUT2D eigenvalue weighted by Gasteiger charge is -2.18. The van der Waals surface area contributed by atoms with Crippen LogP contribution in [0.25, 0.3) is 0 Å². The smallest absolute Gasteiger partial charge is 0.0897 e. The fourth-order valence-electron chi connectivity index (χ4n) is 1.39. The standard InChI is InChI=1S/C11H23NO4/c1-15-7-10(5-13)12-4-11(14)8-16-6-9-2-3-9/h9-14H,2-8H2,1H3. The van der Waals surface area contributed by atoms with Crippen LogP contribution in [0.3, 0.4) is 0 Å². The maximum atomic E-state index is 9.59. The first-order valence-electron chi connectivity index (χ1n) is 5.85. The molecule has 0 bridgehead atoms. The minimum absolute atomic E-state index is 0.00346. The minimum Gasteiger partial charge on any atom is -0.395 e. The Bertz CT molecular complexity index is 175. The number of nitrogens with one attached hydrogen (secondary N) is 1. The van der Waals surface area contributed by atoms with E-state index in [0.717, 1.165) is 12.5 Å². The molecule has 0 spiro atoms. The molecule has 16 heavy (non-hydrogen) atoms. The average molecular weight is 233 g/mol. The van der Waals surface area contributed by atoms with Crippen LogP contribution in [0.1, 0.15) is 12.8 Å². The molecule has 0 aliphatic heterocycles. The molecule has 5 nitrogen and oxygen atoms in total. The van der Waals surface area contributed by atoms with Crippen molar-refractivity contribution < 1.29 is 19.7 Å². The van der Waals surface area contributed by atoms with E-state index in [2.05, 4.69) is 5.32 Å². The summed E-state index contributed by atoms with van der Waals surface area (Å²) in [5.41, 5.74) is 0. The molecule has 1 fully saturated rings. The van der Waals surface area contributed by atoms with Crippen LogP contribution in [0.5, 0.6) is 0 Å². The van der Waals surface area contributed by atoms with Gasteiger partial charge in [-0.15, -0.1) is 0 Å². The predicted molar refractivity (Wildman–Crippen MR) is 60.3 cm³/mol. The summed E-state index contributed by atoms with van der Waals surface area (Å²) < 4.78 is 10.3. The average Bonchev–Trinajstić information content (AvgIpc) is 3.08. The third-order valence-corrected chi connectivity index (χ3v) is 2.59. The molecule has 0 aromatic rings. The van der Waals surface area contributed by atoms with Gasteiger partial charge < -0.3 is 25.0 Å². The molecule has 3 N–H and O–H groups in total. The van der Waals surface area contributed by atoms with Crippen LogP contribution in [-0.4, -0.2) is 62.4 Å². The molecular formula is C11H23NO4. The lowest BCUT2D eigenvalue weighted by Crippen LogP contribution is -2.42. The van der Waals surface area contributed by atoms with E-state index in [1.807, 2.05) is 0 Å². The van der Waals surface area contributed by atoms with Gasteiger partial charge in [0, 0.05) is 20.3 Å². The largest absolute Gasteiger partial charge is 0.395 e. The monoisotopic (exact) mass is 233 g/mol. The predicted octanol–water partition coefficient (Wildman–Crippen LogP) is -0.629. The fourth-order valence-corrected chi connectivity index (χ4v) is 1.39. The maximum absolute atomic E-state index is 9.59. The van der Waals surface area contributed by atoms with Gasteiger partial charge >= 0.3 is 0 Å². The zero-order chi connectivity index (χ0) is 11.8. The molecule has 0 aromatic carbocycles. The van der Waals surface area contributed by atoms with E-state index in [4.69, 9.17) is 14.6 Å². The van der Waals surface area contributed by atoms with Crippen molar-refractivity contribution in [3.63, 3.8) is 0 Å². The zero-order valence-corrected chi connectivity index (χ0v) is 9.89. The van der Waals surface area contributed by atoms with Crippen LogP contribution >= 0.6 is 0 Å². The topological polar surface area (TPSA) is 71.0 Å². The third-order valence-electron chi connectivity index (χ3n) is 2.59. The first-order chi connectivity index (χ1) is 7.76. The summed E-state index contributed by atoms with van der Waals surface area (Å²) in [6.45, 7) is 1.97. The van der Waals surface area contributed by atoms with Gasteiger partial charge in [0.15, 0.2) is 0 Å². The normalized spacial score (nSPS) is 19.7. The van der Waals surface area contributed by atoms with Crippen molar-refractivity contribution in [2.24, 2.45) is 5.92 Å². The molecule has 1 aliphatic carbocycles. The Morgan fingerprint density at radius 3 is 2.69 bits per heavy atom. The number of aliphatic hydroxyl groups excluding tert-OH is 2. The highest BCUT2D eigenvalue weighted by Gasteiger charge is 2.21. The summed E-state index contributed by atoms with van der Waals surface area (Å²) in [5, 5.41) is 21.6. The molecule has 96 valence electrons. The Hall–Kier alpha value is -0.200. The molecule has 5 heteroatoms. The van der Waals surface area contributed by atoms with E-state index in [9.17, 15) is 5.11 Å². The van der Waals surface area contributed by atoms with Crippen LogP contribution in [-0.2, 0) is 9.47 Å².